The summed E-state index contributed by atoms with van der Waals surface area (Å²) in [4.78, 5) is 27.8. The van der Waals surface area contributed by atoms with Crippen LogP contribution in [0.4, 0.5) is 4.39 Å². The normalized spacial score (nSPS) is 12.7. The summed E-state index contributed by atoms with van der Waals surface area (Å²) in [6.07, 6.45) is 1.34. The number of rotatable bonds is 12. The van der Waals surface area contributed by atoms with E-state index in [4.69, 9.17) is 4.74 Å². The average Bonchev–Trinajstić information content (AvgIpc) is 2.80. The van der Waals surface area contributed by atoms with Crippen LogP contribution in [-0.2, 0) is 21.9 Å². The SMILES string of the molecule is CC[C@H](C)NC(=O)[C@H](CC)N(Cc1ccc(OC)cc1)C(=O)CSCc1ccc(F)cc1. The summed E-state index contributed by atoms with van der Waals surface area (Å²) in [6.45, 7) is 6.23. The highest BCUT2D eigenvalue weighted by Crippen LogP contribution is 2.19. The first-order valence-electron chi connectivity index (χ1n) is 10.9. The van der Waals surface area contributed by atoms with Crippen LogP contribution in [0.1, 0.15) is 44.7 Å². The lowest BCUT2D eigenvalue weighted by atomic mass is 10.1. The number of methoxy groups -OCH3 is 1. The second kappa shape index (κ2) is 13.1. The van der Waals surface area contributed by atoms with E-state index >= 15 is 0 Å². The molecular formula is C25H33FN2O3S. The number of hydrogen-bond donors (Lipinski definition) is 1. The van der Waals surface area contributed by atoms with Crippen LogP contribution in [-0.4, -0.2) is 41.7 Å². The van der Waals surface area contributed by atoms with Crippen molar-refractivity contribution < 1.29 is 18.7 Å². The maximum atomic E-state index is 13.2. The predicted octanol–water partition coefficient (Wildman–Crippen LogP) is 4.79. The molecule has 0 aliphatic rings. The summed E-state index contributed by atoms with van der Waals surface area (Å²) >= 11 is 1.46. The molecule has 174 valence electrons. The number of thioether (sulfide) groups is 1. The van der Waals surface area contributed by atoms with Gasteiger partial charge in [-0.2, -0.15) is 0 Å². The zero-order valence-corrected chi connectivity index (χ0v) is 20.1. The summed E-state index contributed by atoms with van der Waals surface area (Å²) in [7, 11) is 1.61. The minimum absolute atomic E-state index is 0.0438. The third-order valence-electron chi connectivity index (χ3n) is 5.31. The van der Waals surface area contributed by atoms with Crippen LogP contribution in [0.15, 0.2) is 48.5 Å². The molecule has 2 amide bonds. The van der Waals surface area contributed by atoms with E-state index in [2.05, 4.69) is 5.32 Å². The Bertz CT molecular complexity index is 858. The fourth-order valence-electron chi connectivity index (χ4n) is 3.21. The zero-order valence-electron chi connectivity index (χ0n) is 19.3. The van der Waals surface area contributed by atoms with E-state index in [0.29, 0.717) is 18.7 Å². The molecule has 32 heavy (non-hydrogen) atoms. The van der Waals surface area contributed by atoms with Crippen LogP contribution in [0.5, 0.6) is 5.75 Å². The van der Waals surface area contributed by atoms with Gasteiger partial charge in [-0.3, -0.25) is 9.59 Å². The Morgan fingerprint density at radius 2 is 1.66 bits per heavy atom. The Hall–Kier alpha value is -2.54. The molecule has 0 heterocycles. The Morgan fingerprint density at radius 3 is 2.22 bits per heavy atom. The van der Waals surface area contributed by atoms with Gasteiger partial charge in [0.05, 0.1) is 12.9 Å². The van der Waals surface area contributed by atoms with E-state index in [0.717, 1.165) is 23.3 Å². The van der Waals surface area contributed by atoms with Gasteiger partial charge in [0.25, 0.3) is 0 Å². The Kier molecular flexibility index (Phi) is 10.5. The highest BCUT2D eigenvalue weighted by Gasteiger charge is 2.29. The molecule has 0 saturated carbocycles. The Labute approximate surface area is 194 Å². The molecule has 7 heteroatoms. The summed E-state index contributed by atoms with van der Waals surface area (Å²) in [5.41, 5.74) is 1.88. The van der Waals surface area contributed by atoms with Gasteiger partial charge in [0.15, 0.2) is 0 Å². The molecule has 2 atom stereocenters. The van der Waals surface area contributed by atoms with Crippen LogP contribution < -0.4 is 10.1 Å². The number of benzene rings is 2. The lowest BCUT2D eigenvalue weighted by Crippen LogP contribution is -2.51. The largest absolute Gasteiger partial charge is 0.497 e. The molecule has 2 aromatic rings. The summed E-state index contributed by atoms with van der Waals surface area (Å²) in [6, 6.07) is 13.3. The quantitative estimate of drug-likeness (QED) is 0.495. The number of nitrogens with zero attached hydrogens (tertiary/aromatic N) is 1. The second-order valence-corrected chi connectivity index (χ2v) is 8.72. The van der Waals surface area contributed by atoms with Crippen molar-refractivity contribution in [1.29, 1.82) is 0 Å². The first-order valence-corrected chi connectivity index (χ1v) is 12.1. The van der Waals surface area contributed by atoms with Crippen molar-refractivity contribution in [3.63, 3.8) is 0 Å². The van der Waals surface area contributed by atoms with E-state index < -0.39 is 6.04 Å². The fraction of sp³-hybridized carbons (Fsp3) is 0.440. The van der Waals surface area contributed by atoms with E-state index in [1.807, 2.05) is 45.0 Å². The summed E-state index contributed by atoms with van der Waals surface area (Å²) in [5, 5.41) is 3.01. The molecule has 0 spiro atoms. The molecule has 0 saturated heterocycles. The number of nitrogens with one attached hydrogen (secondary N) is 1. The van der Waals surface area contributed by atoms with Gasteiger partial charge < -0.3 is 15.0 Å². The zero-order chi connectivity index (χ0) is 23.5. The first-order chi connectivity index (χ1) is 15.4. The van der Waals surface area contributed by atoms with Crippen LogP contribution in [0.2, 0.25) is 0 Å². The number of carbonyl (C=O) groups is 2. The molecule has 2 rings (SSSR count). The van der Waals surface area contributed by atoms with Crippen molar-refractivity contribution in [2.75, 3.05) is 12.9 Å². The van der Waals surface area contributed by atoms with Crippen LogP contribution in [0.25, 0.3) is 0 Å². The lowest BCUT2D eigenvalue weighted by molar-refractivity contribution is -0.139. The standard InChI is InChI=1S/C25H33FN2O3S/c1-5-18(3)27-25(30)23(6-2)28(15-19-9-13-22(31-4)14-10-19)24(29)17-32-16-20-7-11-21(26)12-8-20/h7-14,18,23H,5-6,15-17H2,1-4H3,(H,27,30)/t18-,23-/m0/s1. The van der Waals surface area contributed by atoms with Crippen LogP contribution in [0, 0.1) is 5.82 Å². The highest BCUT2D eigenvalue weighted by molar-refractivity contribution is 7.99. The van der Waals surface area contributed by atoms with E-state index in [1.165, 1.54) is 23.9 Å². The highest BCUT2D eigenvalue weighted by atomic mass is 32.2. The number of ether oxygens (including phenoxy) is 1. The molecule has 0 aromatic heterocycles. The third-order valence-corrected chi connectivity index (χ3v) is 6.29. The topological polar surface area (TPSA) is 58.6 Å². The van der Waals surface area contributed by atoms with E-state index in [-0.39, 0.29) is 29.4 Å². The van der Waals surface area contributed by atoms with Gasteiger partial charge in [0.2, 0.25) is 11.8 Å². The predicted molar refractivity (Wildman–Crippen MR) is 128 cm³/mol. The summed E-state index contributed by atoms with van der Waals surface area (Å²) < 4.78 is 18.3. The number of hydrogen-bond acceptors (Lipinski definition) is 4. The molecule has 0 aliphatic carbocycles. The number of halogens is 1. The average molecular weight is 461 g/mol. The monoisotopic (exact) mass is 460 g/mol. The van der Waals surface area contributed by atoms with E-state index in [9.17, 15) is 14.0 Å². The first kappa shape index (κ1) is 25.7. The van der Waals surface area contributed by atoms with Crippen LogP contribution in [0.3, 0.4) is 0 Å². The van der Waals surface area contributed by atoms with Crippen molar-refractivity contribution >= 4 is 23.6 Å². The summed E-state index contributed by atoms with van der Waals surface area (Å²) in [5.74, 6) is 1.06. The van der Waals surface area contributed by atoms with Crippen molar-refractivity contribution in [3.8, 4) is 5.75 Å². The van der Waals surface area contributed by atoms with Gasteiger partial charge in [-0.05, 0) is 55.2 Å². The molecular weight excluding hydrogens is 427 g/mol. The maximum absolute atomic E-state index is 13.2. The lowest BCUT2D eigenvalue weighted by Gasteiger charge is -2.31. The minimum atomic E-state index is -0.551. The molecule has 0 aliphatic heterocycles. The number of amides is 2. The van der Waals surface area contributed by atoms with E-state index in [1.54, 1.807) is 24.1 Å². The molecule has 0 radical (unpaired) electrons. The molecule has 2 aromatic carbocycles. The van der Waals surface area contributed by atoms with Gasteiger partial charge in [0.1, 0.15) is 17.6 Å². The Balaban J connectivity index is 2.13. The smallest absolute Gasteiger partial charge is 0.243 e. The van der Waals surface area contributed by atoms with Crippen molar-refractivity contribution in [3.05, 3.63) is 65.5 Å². The van der Waals surface area contributed by atoms with Gasteiger partial charge >= 0.3 is 0 Å². The molecule has 5 nitrogen and oxygen atoms in total. The maximum Gasteiger partial charge on any atom is 0.243 e. The second-order valence-electron chi connectivity index (χ2n) is 7.73. The van der Waals surface area contributed by atoms with Gasteiger partial charge in [-0.25, -0.2) is 4.39 Å². The van der Waals surface area contributed by atoms with Crippen LogP contribution >= 0.6 is 11.8 Å². The Morgan fingerprint density at radius 1 is 1.03 bits per heavy atom. The van der Waals surface area contributed by atoms with Gasteiger partial charge in [-0.15, -0.1) is 11.8 Å². The van der Waals surface area contributed by atoms with Gasteiger partial charge in [-0.1, -0.05) is 38.1 Å². The molecule has 0 fully saturated rings. The van der Waals surface area contributed by atoms with Crippen molar-refractivity contribution in [1.82, 2.24) is 10.2 Å². The fourth-order valence-corrected chi connectivity index (χ4v) is 4.08. The molecule has 1 N–H and O–H groups in total. The van der Waals surface area contributed by atoms with Crippen molar-refractivity contribution in [2.45, 2.75) is 58.0 Å². The third kappa shape index (κ3) is 7.86. The van der Waals surface area contributed by atoms with Crippen molar-refractivity contribution in [2.24, 2.45) is 0 Å². The molecule has 0 unspecified atom stereocenters. The number of carbonyl (C=O) groups excluding carboxylic acids is 2. The van der Waals surface area contributed by atoms with Gasteiger partial charge in [0, 0.05) is 18.3 Å². The minimum Gasteiger partial charge on any atom is -0.497 e. The molecule has 0 bridgehead atoms.